The fourth-order valence-electron chi connectivity index (χ4n) is 2.02. The van der Waals surface area contributed by atoms with Crippen molar-refractivity contribution < 1.29 is 0 Å². The SMILES string of the molecule is Cc1c(N)nc(-n2ccnc2)nc1Cc1ccccc1. The van der Waals surface area contributed by atoms with Crippen molar-refractivity contribution in [2.24, 2.45) is 0 Å². The van der Waals surface area contributed by atoms with Crippen molar-refractivity contribution in [1.29, 1.82) is 0 Å². The Kier molecular flexibility index (Phi) is 3.16. The maximum absolute atomic E-state index is 6.00. The first-order valence-corrected chi connectivity index (χ1v) is 6.39. The first-order valence-electron chi connectivity index (χ1n) is 6.39. The second-order valence-corrected chi connectivity index (χ2v) is 4.61. The summed E-state index contributed by atoms with van der Waals surface area (Å²) in [5.41, 5.74) is 9.06. The second kappa shape index (κ2) is 5.13. The highest BCUT2D eigenvalue weighted by atomic mass is 15.2. The van der Waals surface area contributed by atoms with Gasteiger partial charge in [-0.05, 0) is 12.5 Å². The van der Waals surface area contributed by atoms with Gasteiger partial charge in [-0.1, -0.05) is 30.3 Å². The molecule has 0 radical (unpaired) electrons. The molecule has 0 amide bonds. The number of imidazole rings is 1. The molecular formula is C15H15N5. The molecule has 100 valence electrons. The Balaban J connectivity index is 2.02. The standard InChI is InChI=1S/C15H15N5/c1-11-13(9-12-5-3-2-4-6-12)18-15(19-14(11)16)20-8-7-17-10-20/h2-8,10H,9H2,1H3,(H2,16,18,19). The van der Waals surface area contributed by atoms with Gasteiger partial charge in [-0.2, -0.15) is 4.98 Å². The van der Waals surface area contributed by atoms with Crippen LogP contribution in [0.25, 0.3) is 5.95 Å². The van der Waals surface area contributed by atoms with Crippen LogP contribution < -0.4 is 5.73 Å². The predicted octanol–water partition coefficient (Wildman–Crippen LogP) is 2.14. The van der Waals surface area contributed by atoms with Crippen molar-refractivity contribution in [3.63, 3.8) is 0 Å². The quantitative estimate of drug-likeness (QED) is 0.787. The van der Waals surface area contributed by atoms with E-state index in [1.165, 1.54) is 5.56 Å². The van der Waals surface area contributed by atoms with Gasteiger partial charge in [-0.25, -0.2) is 9.97 Å². The minimum absolute atomic E-state index is 0.509. The van der Waals surface area contributed by atoms with Gasteiger partial charge in [-0.15, -0.1) is 0 Å². The number of nitrogens with zero attached hydrogens (tertiary/aromatic N) is 4. The first kappa shape index (κ1) is 12.3. The normalized spacial score (nSPS) is 10.7. The molecule has 0 aliphatic heterocycles. The van der Waals surface area contributed by atoms with Gasteiger partial charge in [0, 0.05) is 24.4 Å². The molecule has 0 saturated carbocycles. The van der Waals surface area contributed by atoms with E-state index in [1.807, 2.05) is 25.1 Å². The predicted molar refractivity (Wildman–Crippen MR) is 77.6 cm³/mol. The summed E-state index contributed by atoms with van der Waals surface area (Å²) in [6.07, 6.45) is 5.89. The highest BCUT2D eigenvalue weighted by molar-refractivity contribution is 5.45. The maximum atomic E-state index is 6.00. The fourth-order valence-corrected chi connectivity index (χ4v) is 2.02. The van der Waals surface area contributed by atoms with Crippen molar-refractivity contribution in [1.82, 2.24) is 19.5 Å². The highest BCUT2D eigenvalue weighted by Gasteiger charge is 2.10. The van der Waals surface area contributed by atoms with E-state index < -0.39 is 0 Å². The van der Waals surface area contributed by atoms with Gasteiger partial charge in [0.1, 0.15) is 12.1 Å². The third-order valence-corrected chi connectivity index (χ3v) is 3.22. The van der Waals surface area contributed by atoms with Crippen LogP contribution in [-0.4, -0.2) is 19.5 Å². The van der Waals surface area contributed by atoms with Crippen molar-refractivity contribution in [3.05, 3.63) is 65.9 Å². The molecule has 2 aromatic heterocycles. The molecule has 2 N–H and O–H groups in total. The van der Waals surface area contributed by atoms with E-state index in [-0.39, 0.29) is 0 Å². The minimum atomic E-state index is 0.509. The molecule has 3 rings (SSSR count). The van der Waals surface area contributed by atoms with Crippen LogP contribution >= 0.6 is 0 Å². The molecule has 0 spiro atoms. The first-order chi connectivity index (χ1) is 9.74. The molecule has 1 aromatic carbocycles. The summed E-state index contributed by atoms with van der Waals surface area (Å²) in [4.78, 5) is 12.9. The Morgan fingerprint density at radius 2 is 1.95 bits per heavy atom. The van der Waals surface area contributed by atoms with Crippen LogP contribution in [0.1, 0.15) is 16.8 Å². The molecule has 5 nitrogen and oxygen atoms in total. The Morgan fingerprint density at radius 1 is 1.15 bits per heavy atom. The lowest BCUT2D eigenvalue weighted by molar-refractivity contribution is 0.887. The molecule has 20 heavy (non-hydrogen) atoms. The van der Waals surface area contributed by atoms with Gasteiger partial charge in [0.15, 0.2) is 0 Å². The summed E-state index contributed by atoms with van der Waals surface area (Å²) in [5.74, 6) is 1.06. The third kappa shape index (κ3) is 2.38. The average Bonchev–Trinajstić information content (AvgIpc) is 2.99. The second-order valence-electron chi connectivity index (χ2n) is 4.61. The van der Waals surface area contributed by atoms with Crippen LogP contribution in [-0.2, 0) is 6.42 Å². The number of rotatable bonds is 3. The van der Waals surface area contributed by atoms with Crippen LogP contribution in [0.5, 0.6) is 0 Å². The summed E-state index contributed by atoms with van der Waals surface area (Å²) < 4.78 is 1.75. The third-order valence-electron chi connectivity index (χ3n) is 3.22. The zero-order valence-electron chi connectivity index (χ0n) is 11.2. The van der Waals surface area contributed by atoms with E-state index in [0.717, 1.165) is 17.7 Å². The zero-order valence-corrected chi connectivity index (χ0v) is 11.2. The molecule has 0 fully saturated rings. The Labute approximate surface area is 117 Å². The van der Waals surface area contributed by atoms with Crippen LogP contribution in [0, 0.1) is 6.92 Å². The Hall–Kier alpha value is -2.69. The van der Waals surface area contributed by atoms with E-state index in [2.05, 4.69) is 27.1 Å². The molecule has 0 atom stereocenters. The number of aromatic nitrogens is 4. The lowest BCUT2D eigenvalue weighted by Gasteiger charge is -2.10. The number of hydrogen-bond donors (Lipinski definition) is 1. The van der Waals surface area contributed by atoms with Crippen LogP contribution in [0.3, 0.4) is 0 Å². The van der Waals surface area contributed by atoms with Gasteiger partial charge < -0.3 is 5.73 Å². The smallest absolute Gasteiger partial charge is 0.237 e. The van der Waals surface area contributed by atoms with Crippen molar-refractivity contribution >= 4 is 5.82 Å². The van der Waals surface area contributed by atoms with Crippen molar-refractivity contribution in [2.75, 3.05) is 5.73 Å². The fraction of sp³-hybridized carbons (Fsp3) is 0.133. The number of benzene rings is 1. The van der Waals surface area contributed by atoms with Gasteiger partial charge >= 0.3 is 0 Å². The average molecular weight is 265 g/mol. The number of hydrogen-bond acceptors (Lipinski definition) is 4. The summed E-state index contributed by atoms with van der Waals surface area (Å²) in [5, 5.41) is 0. The van der Waals surface area contributed by atoms with Gasteiger partial charge in [0.25, 0.3) is 0 Å². The van der Waals surface area contributed by atoms with Crippen LogP contribution in [0.15, 0.2) is 49.1 Å². The molecule has 0 unspecified atom stereocenters. The monoisotopic (exact) mass is 265 g/mol. The molecule has 5 heteroatoms. The summed E-state index contributed by atoms with van der Waals surface area (Å²) in [7, 11) is 0. The van der Waals surface area contributed by atoms with Gasteiger partial charge in [0.05, 0.1) is 5.69 Å². The van der Waals surface area contributed by atoms with E-state index in [4.69, 9.17) is 5.73 Å². The van der Waals surface area contributed by atoms with E-state index >= 15 is 0 Å². The van der Waals surface area contributed by atoms with E-state index in [9.17, 15) is 0 Å². The molecule has 0 aliphatic carbocycles. The van der Waals surface area contributed by atoms with E-state index in [0.29, 0.717) is 11.8 Å². The van der Waals surface area contributed by atoms with Crippen molar-refractivity contribution in [3.8, 4) is 5.95 Å². The number of anilines is 1. The van der Waals surface area contributed by atoms with Crippen LogP contribution in [0.4, 0.5) is 5.82 Å². The number of nitrogen functional groups attached to an aromatic ring is 1. The maximum Gasteiger partial charge on any atom is 0.237 e. The molecule has 3 aromatic rings. The summed E-state index contributed by atoms with van der Waals surface area (Å²) in [6.45, 7) is 1.95. The Morgan fingerprint density at radius 3 is 2.65 bits per heavy atom. The van der Waals surface area contributed by atoms with Gasteiger partial charge in [0.2, 0.25) is 5.95 Å². The summed E-state index contributed by atoms with van der Waals surface area (Å²) >= 11 is 0. The van der Waals surface area contributed by atoms with Crippen molar-refractivity contribution in [2.45, 2.75) is 13.3 Å². The molecule has 0 saturated heterocycles. The molecule has 0 bridgehead atoms. The minimum Gasteiger partial charge on any atom is -0.383 e. The summed E-state index contributed by atoms with van der Waals surface area (Å²) in [6, 6.07) is 10.2. The number of nitrogens with two attached hydrogens (primary N) is 1. The highest BCUT2D eigenvalue weighted by Crippen LogP contribution is 2.17. The molecular weight excluding hydrogens is 250 g/mol. The molecule has 0 aliphatic rings. The zero-order chi connectivity index (χ0) is 13.9. The lowest BCUT2D eigenvalue weighted by Crippen LogP contribution is -2.09. The molecule has 2 heterocycles. The Bertz CT molecular complexity index is 705. The topological polar surface area (TPSA) is 69.6 Å². The lowest BCUT2D eigenvalue weighted by atomic mass is 10.1. The van der Waals surface area contributed by atoms with Crippen LogP contribution in [0.2, 0.25) is 0 Å². The van der Waals surface area contributed by atoms with Gasteiger partial charge in [-0.3, -0.25) is 4.57 Å². The largest absolute Gasteiger partial charge is 0.383 e. The van der Waals surface area contributed by atoms with E-state index in [1.54, 1.807) is 23.3 Å².